The molecule has 22 heavy (non-hydrogen) atoms. The number of hydrogen-bond donors (Lipinski definition) is 1. The first-order chi connectivity index (χ1) is 10.7. The molecule has 1 heterocycles. The van der Waals surface area contributed by atoms with Crippen molar-refractivity contribution in [2.45, 2.75) is 6.92 Å². The number of hydrogen-bond acceptors (Lipinski definition) is 4. The van der Waals surface area contributed by atoms with Gasteiger partial charge in [-0.15, -0.1) is 4.91 Å². The Morgan fingerprint density at radius 1 is 1.05 bits per heavy atom. The number of aryl methyl sites for hydroxylation is 1. The van der Waals surface area contributed by atoms with Crippen molar-refractivity contribution in [2.24, 2.45) is 5.18 Å². The van der Waals surface area contributed by atoms with Crippen molar-refractivity contribution in [1.29, 1.82) is 0 Å². The van der Waals surface area contributed by atoms with Crippen molar-refractivity contribution in [2.75, 3.05) is 5.32 Å². The van der Waals surface area contributed by atoms with Gasteiger partial charge in [0.25, 0.3) is 5.91 Å². The number of pyridine rings is 1. The van der Waals surface area contributed by atoms with Gasteiger partial charge in [0.1, 0.15) is 5.69 Å². The molecule has 0 fully saturated rings. The van der Waals surface area contributed by atoms with Gasteiger partial charge in [-0.05, 0) is 36.4 Å². The van der Waals surface area contributed by atoms with Gasteiger partial charge in [-0.25, -0.2) is 0 Å². The molecule has 0 aliphatic rings. The number of rotatable bonds is 3. The standard InChI is InChI=1S/C17H13N3O2/c1-11-9-10-12-5-4-8-15(16(12)18-11)19-17(21)13-6-2-3-7-14(13)20-22/h2-10H,1H3,(H,19,21). The quantitative estimate of drug-likeness (QED) is 0.735. The average molecular weight is 291 g/mol. The molecule has 5 nitrogen and oxygen atoms in total. The van der Waals surface area contributed by atoms with Gasteiger partial charge in [-0.1, -0.05) is 30.3 Å². The van der Waals surface area contributed by atoms with Gasteiger partial charge in [-0.3, -0.25) is 9.78 Å². The Morgan fingerprint density at radius 3 is 2.68 bits per heavy atom. The highest BCUT2D eigenvalue weighted by molar-refractivity contribution is 6.10. The summed E-state index contributed by atoms with van der Waals surface area (Å²) in [6.45, 7) is 1.89. The van der Waals surface area contributed by atoms with Gasteiger partial charge in [-0.2, -0.15) is 0 Å². The molecule has 1 aromatic heterocycles. The lowest BCUT2D eigenvalue weighted by atomic mass is 10.1. The van der Waals surface area contributed by atoms with E-state index in [4.69, 9.17) is 0 Å². The van der Waals surface area contributed by atoms with Crippen molar-refractivity contribution >= 4 is 28.2 Å². The zero-order valence-electron chi connectivity index (χ0n) is 11.9. The maximum absolute atomic E-state index is 12.4. The normalized spacial score (nSPS) is 10.4. The largest absolute Gasteiger partial charge is 0.320 e. The van der Waals surface area contributed by atoms with E-state index in [1.807, 2.05) is 31.2 Å². The van der Waals surface area contributed by atoms with Crippen molar-refractivity contribution < 1.29 is 4.79 Å². The average Bonchev–Trinajstić information content (AvgIpc) is 2.55. The van der Waals surface area contributed by atoms with E-state index in [2.05, 4.69) is 15.5 Å². The number of para-hydroxylation sites is 1. The SMILES string of the molecule is Cc1ccc2cccc(NC(=O)c3ccccc3N=O)c2n1. The minimum atomic E-state index is -0.383. The summed E-state index contributed by atoms with van der Waals surface area (Å²) in [5.74, 6) is -0.383. The van der Waals surface area contributed by atoms with Crippen LogP contribution < -0.4 is 5.32 Å². The zero-order chi connectivity index (χ0) is 15.5. The van der Waals surface area contributed by atoms with Crippen molar-refractivity contribution in [3.63, 3.8) is 0 Å². The van der Waals surface area contributed by atoms with Crippen LogP contribution in [0.3, 0.4) is 0 Å². The predicted octanol–water partition coefficient (Wildman–Crippen LogP) is 4.19. The highest BCUT2D eigenvalue weighted by Gasteiger charge is 2.13. The van der Waals surface area contributed by atoms with Crippen LogP contribution in [-0.4, -0.2) is 10.9 Å². The first-order valence-electron chi connectivity index (χ1n) is 6.79. The van der Waals surface area contributed by atoms with Crippen LogP contribution in [0.15, 0.2) is 59.8 Å². The molecule has 3 rings (SSSR count). The monoisotopic (exact) mass is 291 g/mol. The lowest BCUT2D eigenvalue weighted by Crippen LogP contribution is -2.12. The molecular formula is C17H13N3O2. The molecule has 0 aliphatic carbocycles. The van der Waals surface area contributed by atoms with Crippen molar-refractivity contribution in [3.05, 3.63) is 70.8 Å². The second-order valence-corrected chi connectivity index (χ2v) is 4.89. The van der Waals surface area contributed by atoms with Crippen LogP contribution in [0, 0.1) is 11.8 Å². The predicted molar refractivity (Wildman–Crippen MR) is 86.3 cm³/mol. The number of carbonyl (C=O) groups is 1. The van der Waals surface area contributed by atoms with Crippen LogP contribution in [0.4, 0.5) is 11.4 Å². The maximum atomic E-state index is 12.4. The fourth-order valence-electron chi connectivity index (χ4n) is 2.28. The maximum Gasteiger partial charge on any atom is 0.258 e. The molecule has 1 amide bonds. The minimum Gasteiger partial charge on any atom is -0.320 e. The Kier molecular flexibility index (Phi) is 3.62. The number of nitrogens with one attached hydrogen (secondary N) is 1. The number of amides is 1. The third-order valence-corrected chi connectivity index (χ3v) is 3.35. The highest BCUT2D eigenvalue weighted by atomic mass is 16.3. The number of nitroso groups, excluding NO2 is 1. The second-order valence-electron chi connectivity index (χ2n) is 4.89. The molecular weight excluding hydrogens is 278 g/mol. The summed E-state index contributed by atoms with van der Waals surface area (Å²) in [6.07, 6.45) is 0. The number of anilines is 1. The lowest BCUT2D eigenvalue weighted by Gasteiger charge is -2.09. The Bertz CT molecular complexity index is 875. The van der Waals surface area contributed by atoms with Gasteiger partial charge >= 0.3 is 0 Å². The smallest absolute Gasteiger partial charge is 0.258 e. The van der Waals surface area contributed by atoms with Crippen molar-refractivity contribution in [3.8, 4) is 0 Å². The third-order valence-electron chi connectivity index (χ3n) is 3.35. The van der Waals surface area contributed by atoms with Gasteiger partial charge in [0.05, 0.1) is 16.8 Å². The lowest BCUT2D eigenvalue weighted by molar-refractivity contribution is 0.102. The molecule has 0 saturated carbocycles. The molecule has 0 atom stereocenters. The number of benzene rings is 2. The zero-order valence-corrected chi connectivity index (χ0v) is 11.9. The summed E-state index contributed by atoms with van der Waals surface area (Å²) < 4.78 is 0. The number of aromatic nitrogens is 1. The van der Waals surface area contributed by atoms with Crippen LogP contribution >= 0.6 is 0 Å². The molecule has 0 saturated heterocycles. The molecule has 0 aliphatic heterocycles. The Morgan fingerprint density at radius 2 is 1.86 bits per heavy atom. The molecule has 1 N–H and O–H groups in total. The Hall–Kier alpha value is -3.08. The van der Waals surface area contributed by atoms with Gasteiger partial charge < -0.3 is 5.32 Å². The van der Waals surface area contributed by atoms with Gasteiger partial charge in [0.15, 0.2) is 0 Å². The second kappa shape index (κ2) is 5.73. The summed E-state index contributed by atoms with van der Waals surface area (Å²) in [4.78, 5) is 27.6. The number of carbonyl (C=O) groups excluding carboxylic acids is 1. The molecule has 2 aromatic carbocycles. The fourth-order valence-corrected chi connectivity index (χ4v) is 2.28. The summed E-state index contributed by atoms with van der Waals surface area (Å²) >= 11 is 0. The first-order valence-corrected chi connectivity index (χ1v) is 6.79. The van der Waals surface area contributed by atoms with E-state index in [1.54, 1.807) is 24.3 Å². The van der Waals surface area contributed by atoms with Crippen molar-refractivity contribution in [1.82, 2.24) is 4.98 Å². The van der Waals surface area contributed by atoms with E-state index in [0.29, 0.717) is 11.2 Å². The third kappa shape index (κ3) is 2.56. The van der Waals surface area contributed by atoms with Gasteiger partial charge in [0, 0.05) is 11.1 Å². The summed E-state index contributed by atoms with van der Waals surface area (Å²) in [7, 11) is 0. The van der Waals surface area contributed by atoms with E-state index in [9.17, 15) is 9.70 Å². The van der Waals surface area contributed by atoms with E-state index < -0.39 is 0 Å². The number of nitrogens with zero attached hydrogens (tertiary/aromatic N) is 2. The van der Waals surface area contributed by atoms with Crippen LogP contribution in [0.1, 0.15) is 16.1 Å². The fraction of sp³-hybridized carbons (Fsp3) is 0.0588. The molecule has 3 aromatic rings. The molecule has 0 bridgehead atoms. The van der Waals surface area contributed by atoms with Gasteiger partial charge in [0.2, 0.25) is 0 Å². The van der Waals surface area contributed by atoms with E-state index in [1.165, 1.54) is 6.07 Å². The van der Waals surface area contributed by atoms with E-state index in [0.717, 1.165) is 11.1 Å². The highest BCUT2D eigenvalue weighted by Crippen LogP contribution is 2.24. The van der Waals surface area contributed by atoms with E-state index in [-0.39, 0.29) is 17.2 Å². The van der Waals surface area contributed by atoms with Crippen LogP contribution in [0.5, 0.6) is 0 Å². The Balaban J connectivity index is 2.01. The molecule has 0 spiro atoms. The summed E-state index contributed by atoms with van der Waals surface area (Å²) in [6, 6.07) is 15.9. The Labute approximate surface area is 127 Å². The van der Waals surface area contributed by atoms with Crippen LogP contribution in [-0.2, 0) is 0 Å². The van der Waals surface area contributed by atoms with Crippen LogP contribution in [0.25, 0.3) is 10.9 Å². The summed E-state index contributed by atoms with van der Waals surface area (Å²) in [5, 5.41) is 6.62. The topological polar surface area (TPSA) is 71.4 Å². The molecule has 5 heteroatoms. The number of fused-ring (bicyclic) bond motifs is 1. The van der Waals surface area contributed by atoms with Crippen LogP contribution in [0.2, 0.25) is 0 Å². The molecule has 108 valence electrons. The first kappa shape index (κ1) is 13.9. The minimum absolute atomic E-state index is 0.115. The van der Waals surface area contributed by atoms with E-state index >= 15 is 0 Å². The molecule has 0 unspecified atom stereocenters. The summed E-state index contributed by atoms with van der Waals surface area (Å²) in [5.41, 5.74) is 2.54. The molecule has 0 radical (unpaired) electrons.